The Labute approximate surface area is 125 Å². The van der Waals surface area contributed by atoms with E-state index in [1.165, 1.54) is 0 Å². The third kappa shape index (κ3) is 2.87. The van der Waals surface area contributed by atoms with Gasteiger partial charge in [-0.2, -0.15) is 0 Å². The molecule has 1 aromatic rings. The van der Waals surface area contributed by atoms with Gasteiger partial charge in [0, 0.05) is 38.3 Å². The third-order valence-corrected chi connectivity index (χ3v) is 4.50. The van der Waals surface area contributed by atoms with Crippen molar-refractivity contribution in [3.8, 4) is 11.5 Å². The van der Waals surface area contributed by atoms with Gasteiger partial charge in [-0.1, -0.05) is 11.6 Å². The molecule has 110 valence electrons. The van der Waals surface area contributed by atoms with Gasteiger partial charge in [0.05, 0.1) is 5.02 Å². The highest BCUT2D eigenvalue weighted by molar-refractivity contribution is 6.32. The van der Waals surface area contributed by atoms with E-state index in [-0.39, 0.29) is 0 Å². The molecule has 1 N–H and O–H groups in total. The van der Waals surface area contributed by atoms with E-state index in [0.29, 0.717) is 13.2 Å². The molecule has 1 saturated heterocycles. The third-order valence-electron chi connectivity index (χ3n) is 3.98. The van der Waals surface area contributed by atoms with E-state index < -0.39 is 0 Å². The van der Waals surface area contributed by atoms with Crippen molar-refractivity contribution in [2.24, 2.45) is 0 Å². The van der Waals surface area contributed by atoms with Gasteiger partial charge in [-0.15, -0.1) is 0 Å². The largest absolute Gasteiger partial charge is 0.486 e. The molecule has 2 heterocycles. The van der Waals surface area contributed by atoms with Crippen molar-refractivity contribution in [1.29, 1.82) is 0 Å². The lowest BCUT2D eigenvalue weighted by Gasteiger charge is -2.28. The van der Waals surface area contributed by atoms with Crippen molar-refractivity contribution in [2.45, 2.75) is 13.3 Å². The first kappa shape index (κ1) is 14.0. The minimum Gasteiger partial charge on any atom is -0.486 e. The lowest BCUT2D eigenvalue weighted by Crippen LogP contribution is -2.44. The summed E-state index contributed by atoms with van der Waals surface area (Å²) in [6.07, 6.45) is 0.955. The van der Waals surface area contributed by atoms with Crippen LogP contribution < -0.4 is 14.8 Å². The highest BCUT2D eigenvalue weighted by Gasteiger charge is 2.20. The zero-order valence-electron chi connectivity index (χ0n) is 11.9. The zero-order valence-corrected chi connectivity index (χ0v) is 12.6. The molecule has 2 aliphatic rings. The molecule has 2 aliphatic heterocycles. The first-order chi connectivity index (χ1) is 9.75. The van der Waals surface area contributed by atoms with E-state index in [2.05, 4.69) is 10.2 Å². The van der Waals surface area contributed by atoms with Crippen molar-refractivity contribution in [3.63, 3.8) is 0 Å². The molecule has 5 heteroatoms. The predicted octanol–water partition coefficient (Wildman–Crippen LogP) is 1.87. The monoisotopic (exact) mass is 296 g/mol. The van der Waals surface area contributed by atoms with Crippen molar-refractivity contribution < 1.29 is 9.47 Å². The average molecular weight is 297 g/mol. The van der Waals surface area contributed by atoms with Crippen LogP contribution in [0.2, 0.25) is 5.02 Å². The molecule has 4 nitrogen and oxygen atoms in total. The molecule has 0 radical (unpaired) electrons. The fourth-order valence-electron chi connectivity index (χ4n) is 2.79. The Hall–Kier alpha value is -0.970. The predicted molar refractivity (Wildman–Crippen MR) is 80.2 cm³/mol. The molecule has 0 amide bonds. The molecule has 0 atom stereocenters. The molecule has 0 bridgehead atoms. The molecule has 1 fully saturated rings. The summed E-state index contributed by atoms with van der Waals surface area (Å²) in [5.74, 6) is 1.65. The van der Waals surface area contributed by atoms with Crippen LogP contribution in [0.25, 0.3) is 0 Å². The molecule has 20 heavy (non-hydrogen) atoms. The van der Waals surface area contributed by atoms with E-state index >= 15 is 0 Å². The quantitative estimate of drug-likeness (QED) is 0.923. The standard InChI is InChI=1S/C15H21ClN2O2/c1-11-14(16)12(2-5-18-6-3-17-4-7-18)10-13-15(11)20-9-8-19-13/h10,17H,2-9H2,1H3. The van der Waals surface area contributed by atoms with E-state index in [1.807, 2.05) is 13.0 Å². The van der Waals surface area contributed by atoms with E-state index in [4.69, 9.17) is 21.1 Å². The Morgan fingerprint density at radius 2 is 2.00 bits per heavy atom. The van der Waals surface area contributed by atoms with E-state index in [0.717, 1.165) is 66.8 Å². The Morgan fingerprint density at radius 3 is 2.80 bits per heavy atom. The van der Waals surface area contributed by atoms with Crippen molar-refractivity contribution in [3.05, 3.63) is 22.2 Å². The number of nitrogens with one attached hydrogen (secondary N) is 1. The molecular formula is C15H21ClN2O2. The van der Waals surface area contributed by atoms with Crippen molar-refractivity contribution >= 4 is 11.6 Å². The Kier molecular flexibility index (Phi) is 4.34. The Morgan fingerprint density at radius 1 is 1.25 bits per heavy atom. The zero-order chi connectivity index (χ0) is 13.9. The number of piperazine rings is 1. The number of halogens is 1. The molecule has 0 aliphatic carbocycles. The number of hydrogen-bond donors (Lipinski definition) is 1. The first-order valence-electron chi connectivity index (χ1n) is 7.26. The van der Waals surface area contributed by atoms with Gasteiger partial charge in [-0.3, -0.25) is 0 Å². The Balaban J connectivity index is 1.73. The van der Waals surface area contributed by atoms with Crippen LogP contribution >= 0.6 is 11.6 Å². The summed E-state index contributed by atoms with van der Waals surface area (Å²) in [7, 11) is 0. The van der Waals surface area contributed by atoms with Crippen LogP contribution in [0.4, 0.5) is 0 Å². The maximum atomic E-state index is 6.48. The van der Waals surface area contributed by atoms with Crippen LogP contribution in [0.1, 0.15) is 11.1 Å². The summed E-state index contributed by atoms with van der Waals surface area (Å²) >= 11 is 6.48. The van der Waals surface area contributed by atoms with Gasteiger partial charge in [-0.25, -0.2) is 0 Å². The van der Waals surface area contributed by atoms with E-state index in [1.54, 1.807) is 0 Å². The molecule has 0 spiro atoms. The van der Waals surface area contributed by atoms with Gasteiger partial charge in [0.15, 0.2) is 11.5 Å². The summed E-state index contributed by atoms with van der Waals surface area (Å²) < 4.78 is 11.3. The summed E-state index contributed by atoms with van der Waals surface area (Å²) in [6, 6.07) is 2.05. The molecule has 0 saturated carbocycles. The Bertz CT molecular complexity index is 487. The van der Waals surface area contributed by atoms with Gasteiger partial charge in [0.25, 0.3) is 0 Å². The summed E-state index contributed by atoms with van der Waals surface area (Å²) in [5.41, 5.74) is 2.16. The number of rotatable bonds is 3. The topological polar surface area (TPSA) is 33.7 Å². The van der Waals surface area contributed by atoms with Gasteiger partial charge in [-0.05, 0) is 25.0 Å². The molecule has 0 unspecified atom stereocenters. The number of fused-ring (bicyclic) bond motifs is 1. The molecule has 0 aromatic heterocycles. The number of benzene rings is 1. The van der Waals surface area contributed by atoms with E-state index in [9.17, 15) is 0 Å². The van der Waals surface area contributed by atoms with Gasteiger partial charge < -0.3 is 19.7 Å². The maximum absolute atomic E-state index is 6.48. The molecule has 1 aromatic carbocycles. The molecular weight excluding hydrogens is 276 g/mol. The highest BCUT2D eigenvalue weighted by Crippen LogP contribution is 2.40. The van der Waals surface area contributed by atoms with Gasteiger partial charge in [0.2, 0.25) is 0 Å². The average Bonchev–Trinajstić information content (AvgIpc) is 2.50. The van der Waals surface area contributed by atoms with Crippen LogP contribution in [0.15, 0.2) is 6.07 Å². The van der Waals surface area contributed by atoms with Crippen LogP contribution in [-0.4, -0.2) is 50.8 Å². The minimum absolute atomic E-state index is 0.601. The van der Waals surface area contributed by atoms with Gasteiger partial charge >= 0.3 is 0 Å². The number of nitrogens with zero attached hydrogens (tertiary/aromatic N) is 1. The van der Waals surface area contributed by atoms with Crippen LogP contribution in [-0.2, 0) is 6.42 Å². The fourth-order valence-corrected chi connectivity index (χ4v) is 3.02. The second kappa shape index (κ2) is 6.20. The number of ether oxygens (including phenoxy) is 2. The normalized spacial score (nSPS) is 19.1. The summed E-state index contributed by atoms with van der Waals surface area (Å²) in [5, 5.41) is 4.19. The fraction of sp³-hybridized carbons (Fsp3) is 0.600. The van der Waals surface area contributed by atoms with Crippen LogP contribution in [0.3, 0.4) is 0 Å². The molecule has 3 rings (SSSR count). The lowest BCUT2D eigenvalue weighted by molar-refractivity contribution is 0.170. The van der Waals surface area contributed by atoms with Crippen LogP contribution in [0.5, 0.6) is 11.5 Å². The van der Waals surface area contributed by atoms with Crippen molar-refractivity contribution in [1.82, 2.24) is 10.2 Å². The highest BCUT2D eigenvalue weighted by atomic mass is 35.5. The summed E-state index contributed by atoms with van der Waals surface area (Å²) in [4.78, 5) is 2.47. The second-order valence-corrected chi connectivity index (χ2v) is 5.72. The van der Waals surface area contributed by atoms with Crippen molar-refractivity contribution in [2.75, 3.05) is 45.9 Å². The van der Waals surface area contributed by atoms with Gasteiger partial charge in [0.1, 0.15) is 13.2 Å². The smallest absolute Gasteiger partial charge is 0.165 e. The minimum atomic E-state index is 0.601. The van der Waals surface area contributed by atoms with Crippen LogP contribution in [0, 0.1) is 6.92 Å². The maximum Gasteiger partial charge on any atom is 0.165 e. The SMILES string of the molecule is Cc1c(Cl)c(CCN2CCNCC2)cc2c1OCCO2. The first-order valence-corrected chi connectivity index (χ1v) is 7.64. The lowest BCUT2D eigenvalue weighted by atomic mass is 10.1. The number of hydrogen-bond acceptors (Lipinski definition) is 4. The second-order valence-electron chi connectivity index (χ2n) is 5.34. The summed E-state index contributed by atoms with van der Waals surface area (Å²) in [6.45, 7) is 8.64.